The Labute approximate surface area is 144 Å². The van der Waals surface area contributed by atoms with E-state index in [9.17, 15) is 4.79 Å². The third kappa shape index (κ3) is 3.95. The quantitative estimate of drug-likeness (QED) is 0.742. The first-order valence-corrected chi connectivity index (χ1v) is 9.25. The van der Waals surface area contributed by atoms with E-state index in [1.807, 2.05) is 25.7 Å². The fourth-order valence-corrected chi connectivity index (χ4v) is 3.50. The summed E-state index contributed by atoms with van der Waals surface area (Å²) in [5, 5.41) is 8.64. The number of hydrogen-bond acceptors (Lipinski definition) is 5. The molecule has 7 heteroatoms. The second-order valence-corrected chi connectivity index (χ2v) is 6.88. The molecule has 1 saturated heterocycles. The highest BCUT2D eigenvalue weighted by atomic mass is 16.2. The van der Waals surface area contributed by atoms with Crippen LogP contribution in [0.4, 0.5) is 0 Å². The Kier molecular flexibility index (Phi) is 5.50. The number of likely N-dealkylation sites (N-methyl/N-ethyl adjacent to an activating group) is 1. The van der Waals surface area contributed by atoms with Gasteiger partial charge in [-0.3, -0.25) is 14.6 Å². The SMILES string of the molecule is CCN(CC)C(=O)CN1CCN(Cc2nnc(C)n2C2CC2)CC1. The molecule has 0 unspecified atom stereocenters. The predicted octanol–water partition coefficient (Wildman–Crippen LogP) is 0.907. The van der Waals surface area contributed by atoms with Crippen molar-refractivity contribution in [3.8, 4) is 0 Å². The number of piperazine rings is 1. The van der Waals surface area contributed by atoms with Gasteiger partial charge in [0.15, 0.2) is 0 Å². The molecule has 3 rings (SSSR count). The molecule has 0 aromatic carbocycles. The molecule has 0 bridgehead atoms. The standard InChI is InChI=1S/C17H30N6O/c1-4-22(5-2)17(24)13-21-10-8-20(9-11-21)12-16-19-18-14(3)23(16)15-6-7-15/h15H,4-13H2,1-3H3. The number of hydrogen-bond donors (Lipinski definition) is 0. The molecule has 1 aromatic rings. The predicted molar refractivity (Wildman–Crippen MR) is 92.7 cm³/mol. The van der Waals surface area contributed by atoms with Gasteiger partial charge in [0.2, 0.25) is 5.91 Å². The second kappa shape index (κ2) is 7.61. The monoisotopic (exact) mass is 334 g/mol. The molecule has 24 heavy (non-hydrogen) atoms. The molecule has 1 aliphatic heterocycles. The van der Waals surface area contributed by atoms with Crippen molar-refractivity contribution >= 4 is 5.91 Å². The van der Waals surface area contributed by atoms with Crippen molar-refractivity contribution < 1.29 is 4.79 Å². The summed E-state index contributed by atoms with van der Waals surface area (Å²) in [6.45, 7) is 13.0. The highest BCUT2D eigenvalue weighted by molar-refractivity contribution is 5.78. The maximum absolute atomic E-state index is 12.2. The maximum atomic E-state index is 12.2. The smallest absolute Gasteiger partial charge is 0.236 e. The first kappa shape index (κ1) is 17.4. The zero-order valence-corrected chi connectivity index (χ0v) is 15.2. The number of carbonyl (C=O) groups is 1. The van der Waals surface area contributed by atoms with Crippen LogP contribution in [0.25, 0.3) is 0 Å². The van der Waals surface area contributed by atoms with Gasteiger partial charge in [-0.2, -0.15) is 0 Å². The lowest BCUT2D eigenvalue weighted by Gasteiger charge is -2.35. The van der Waals surface area contributed by atoms with Gasteiger partial charge in [-0.25, -0.2) is 0 Å². The van der Waals surface area contributed by atoms with E-state index in [0.717, 1.165) is 57.5 Å². The minimum atomic E-state index is 0.248. The molecule has 0 spiro atoms. The number of aromatic nitrogens is 3. The molecule has 0 atom stereocenters. The Balaban J connectivity index is 1.48. The molecule has 1 saturated carbocycles. The Bertz CT molecular complexity index is 555. The molecule has 0 N–H and O–H groups in total. The van der Waals surface area contributed by atoms with Crippen LogP contribution in [-0.4, -0.2) is 81.2 Å². The molecule has 2 fully saturated rings. The van der Waals surface area contributed by atoms with E-state index in [1.165, 1.54) is 12.8 Å². The van der Waals surface area contributed by atoms with Gasteiger partial charge in [0, 0.05) is 45.3 Å². The molecule has 2 heterocycles. The van der Waals surface area contributed by atoms with Crippen molar-refractivity contribution in [2.24, 2.45) is 0 Å². The molecule has 0 radical (unpaired) electrons. The second-order valence-electron chi connectivity index (χ2n) is 6.88. The number of rotatable bonds is 7. The third-order valence-electron chi connectivity index (χ3n) is 5.15. The van der Waals surface area contributed by atoms with Gasteiger partial charge in [0.25, 0.3) is 0 Å². The lowest BCUT2D eigenvalue weighted by Crippen LogP contribution is -2.49. The van der Waals surface area contributed by atoms with Gasteiger partial charge in [-0.15, -0.1) is 10.2 Å². The van der Waals surface area contributed by atoms with E-state index in [4.69, 9.17) is 0 Å². The summed E-state index contributed by atoms with van der Waals surface area (Å²) in [7, 11) is 0. The fraction of sp³-hybridized carbons (Fsp3) is 0.824. The molecular weight excluding hydrogens is 304 g/mol. The van der Waals surface area contributed by atoms with Crippen LogP contribution in [0.2, 0.25) is 0 Å². The minimum absolute atomic E-state index is 0.248. The van der Waals surface area contributed by atoms with Crippen LogP contribution >= 0.6 is 0 Å². The summed E-state index contributed by atoms with van der Waals surface area (Å²) in [5.74, 6) is 2.39. The molecule has 2 aliphatic rings. The molecule has 7 nitrogen and oxygen atoms in total. The number of amides is 1. The molecule has 1 amide bonds. The zero-order chi connectivity index (χ0) is 17.1. The van der Waals surface area contributed by atoms with Crippen molar-refractivity contribution in [3.05, 3.63) is 11.6 Å². The Morgan fingerprint density at radius 3 is 2.29 bits per heavy atom. The van der Waals surface area contributed by atoms with Crippen molar-refractivity contribution in [2.45, 2.75) is 46.2 Å². The third-order valence-corrected chi connectivity index (χ3v) is 5.15. The normalized spacial score (nSPS) is 19.6. The average molecular weight is 334 g/mol. The average Bonchev–Trinajstić information content (AvgIpc) is 3.34. The summed E-state index contributed by atoms with van der Waals surface area (Å²) in [6, 6.07) is 0.628. The number of carbonyl (C=O) groups excluding carboxylic acids is 1. The largest absolute Gasteiger partial charge is 0.342 e. The van der Waals surface area contributed by atoms with E-state index in [0.29, 0.717) is 12.6 Å². The van der Waals surface area contributed by atoms with Crippen LogP contribution in [0.1, 0.15) is 44.4 Å². The van der Waals surface area contributed by atoms with Crippen molar-refractivity contribution in [1.29, 1.82) is 0 Å². The van der Waals surface area contributed by atoms with Gasteiger partial charge in [0.05, 0.1) is 13.1 Å². The lowest BCUT2D eigenvalue weighted by atomic mass is 10.3. The van der Waals surface area contributed by atoms with E-state index < -0.39 is 0 Å². The van der Waals surface area contributed by atoms with Crippen molar-refractivity contribution in [3.63, 3.8) is 0 Å². The summed E-state index contributed by atoms with van der Waals surface area (Å²) < 4.78 is 2.32. The van der Waals surface area contributed by atoms with Crippen LogP contribution in [0.5, 0.6) is 0 Å². The van der Waals surface area contributed by atoms with Crippen molar-refractivity contribution in [1.82, 2.24) is 29.5 Å². The van der Waals surface area contributed by atoms with Crippen LogP contribution in [0.15, 0.2) is 0 Å². The minimum Gasteiger partial charge on any atom is -0.342 e. The Morgan fingerprint density at radius 2 is 1.71 bits per heavy atom. The van der Waals surface area contributed by atoms with Gasteiger partial charge in [0.1, 0.15) is 11.6 Å². The van der Waals surface area contributed by atoms with E-state index >= 15 is 0 Å². The fourth-order valence-electron chi connectivity index (χ4n) is 3.50. The Hall–Kier alpha value is -1.47. The summed E-state index contributed by atoms with van der Waals surface area (Å²) in [5.41, 5.74) is 0. The first-order valence-electron chi connectivity index (χ1n) is 9.25. The highest BCUT2D eigenvalue weighted by Gasteiger charge is 2.29. The van der Waals surface area contributed by atoms with E-state index in [-0.39, 0.29) is 5.91 Å². The Morgan fingerprint density at radius 1 is 1.08 bits per heavy atom. The van der Waals surface area contributed by atoms with Gasteiger partial charge in [-0.05, 0) is 33.6 Å². The molecule has 1 aromatic heterocycles. The van der Waals surface area contributed by atoms with Crippen LogP contribution in [-0.2, 0) is 11.3 Å². The van der Waals surface area contributed by atoms with E-state index in [1.54, 1.807) is 0 Å². The van der Waals surface area contributed by atoms with Gasteiger partial charge >= 0.3 is 0 Å². The number of nitrogens with zero attached hydrogens (tertiary/aromatic N) is 6. The lowest BCUT2D eigenvalue weighted by molar-refractivity contribution is -0.132. The van der Waals surface area contributed by atoms with Crippen molar-refractivity contribution in [2.75, 3.05) is 45.8 Å². The summed E-state index contributed by atoms with van der Waals surface area (Å²) in [6.07, 6.45) is 2.51. The zero-order valence-electron chi connectivity index (χ0n) is 15.2. The van der Waals surface area contributed by atoms with E-state index in [2.05, 4.69) is 24.6 Å². The van der Waals surface area contributed by atoms with Crippen LogP contribution < -0.4 is 0 Å². The van der Waals surface area contributed by atoms with Crippen LogP contribution in [0.3, 0.4) is 0 Å². The molecule has 134 valence electrons. The molecular formula is C17H30N6O. The molecule has 1 aliphatic carbocycles. The van der Waals surface area contributed by atoms with Crippen LogP contribution in [0, 0.1) is 6.92 Å². The highest BCUT2D eigenvalue weighted by Crippen LogP contribution is 2.36. The maximum Gasteiger partial charge on any atom is 0.236 e. The van der Waals surface area contributed by atoms with Gasteiger partial charge < -0.3 is 9.47 Å². The number of aryl methyl sites for hydroxylation is 1. The van der Waals surface area contributed by atoms with Gasteiger partial charge in [-0.1, -0.05) is 0 Å². The summed E-state index contributed by atoms with van der Waals surface area (Å²) >= 11 is 0. The summed E-state index contributed by atoms with van der Waals surface area (Å²) in [4.78, 5) is 18.8. The first-order chi connectivity index (χ1) is 11.6. The topological polar surface area (TPSA) is 57.5 Å².